The molecule has 0 aliphatic rings. The van der Waals surface area contributed by atoms with Gasteiger partial charge in [0.25, 0.3) is 0 Å². The summed E-state index contributed by atoms with van der Waals surface area (Å²) in [7, 11) is 0. The maximum absolute atomic E-state index is 11.0. The topological polar surface area (TPSA) is 136 Å². The van der Waals surface area contributed by atoms with Crippen molar-refractivity contribution in [2.45, 2.75) is 9.79 Å². The van der Waals surface area contributed by atoms with E-state index in [9.17, 15) is 9.59 Å². The third-order valence-electron chi connectivity index (χ3n) is 2.77. The average molecular weight is 352 g/mol. The van der Waals surface area contributed by atoms with Gasteiger partial charge in [-0.1, -0.05) is 0 Å². The second kappa shape index (κ2) is 7.27. The Balaban J connectivity index is 2.03. The first kappa shape index (κ1) is 17.0. The van der Waals surface area contributed by atoms with E-state index in [4.69, 9.17) is 25.3 Å². The summed E-state index contributed by atoms with van der Waals surface area (Å²) in [6, 6.07) is 9.00. The molecule has 6 N–H and O–H groups in total. The lowest BCUT2D eigenvalue weighted by atomic mass is 10.2. The molecule has 0 aromatic heterocycles. The summed E-state index contributed by atoms with van der Waals surface area (Å²) in [5, 5.41) is 18.0. The Kier molecular flexibility index (Phi) is 5.37. The van der Waals surface area contributed by atoms with Crippen LogP contribution in [-0.4, -0.2) is 22.2 Å². The highest BCUT2D eigenvalue weighted by Gasteiger charge is 2.11. The third-order valence-corrected chi connectivity index (χ3v) is 4.21. The van der Waals surface area contributed by atoms with E-state index >= 15 is 0 Å². The number of anilines is 2. The van der Waals surface area contributed by atoms with Gasteiger partial charge in [0.1, 0.15) is 0 Å². The maximum Gasteiger partial charge on any atom is 0.337 e. The molecule has 0 bridgehead atoms. The van der Waals surface area contributed by atoms with Crippen molar-refractivity contribution < 1.29 is 23.4 Å². The smallest absolute Gasteiger partial charge is 0.337 e. The first-order chi connectivity index (χ1) is 10.9. The molecule has 9 heteroatoms. The van der Waals surface area contributed by atoms with Gasteiger partial charge in [0.2, 0.25) is 0 Å². The molecule has 0 unspecified atom stereocenters. The van der Waals surface area contributed by atoms with Crippen LogP contribution in [0.4, 0.5) is 11.4 Å². The zero-order valence-electron chi connectivity index (χ0n) is 11.6. The number of hydrogen-bond acceptors (Lipinski definition) is 7. The molecule has 2 aromatic carbocycles. The number of carbonyl (C=O) groups is 2. The summed E-state index contributed by atoms with van der Waals surface area (Å²) in [6.45, 7) is 0. The van der Waals surface area contributed by atoms with E-state index in [-0.39, 0.29) is 22.5 Å². The van der Waals surface area contributed by atoms with Crippen LogP contribution in [0.1, 0.15) is 20.7 Å². The van der Waals surface area contributed by atoms with Gasteiger partial charge in [-0.05, 0) is 36.4 Å². The summed E-state index contributed by atoms with van der Waals surface area (Å²) in [4.78, 5) is 23.1. The molecule has 2 aromatic rings. The molecule has 0 aliphatic heterocycles. The highest BCUT2D eigenvalue weighted by Crippen LogP contribution is 2.32. The fourth-order valence-electron chi connectivity index (χ4n) is 1.64. The molecule has 2 rings (SSSR count). The molecular weight excluding hydrogens is 340 g/mol. The van der Waals surface area contributed by atoms with Crippen LogP contribution in [0.15, 0.2) is 46.2 Å². The lowest BCUT2D eigenvalue weighted by molar-refractivity contribution is 0.0687. The number of nitrogen functional groups attached to an aromatic ring is 2. The van der Waals surface area contributed by atoms with E-state index in [1.54, 1.807) is 12.1 Å². The minimum atomic E-state index is -1.12. The maximum atomic E-state index is 11.0. The van der Waals surface area contributed by atoms with E-state index in [2.05, 4.69) is 0 Å². The van der Waals surface area contributed by atoms with E-state index in [1.165, 1.54) is 24.3 Å². The zero-order valence-corrected chi connectivity index (χ0v) is 13.2. The van der Waals surface area contributed by atoms with Crippen molar-refractivity contribution in [1.29, 1.82) is 0 Å². The monoisotopic (exact) mass is 352 g/mol. The van der Waals surface area contributed by atoms with Crippen molar-refractivity contribution in [3.8, 4) is 0 Å². The molecule has 0 fully saturated rings. The van der Waals surface area contributed by atoms with Crippen LogP contribution >= 0.6 is 24.1 Å². The summed E-state index contributed by atoms with van der Waals surface area (Å²) < 4.78 is 5.32. The van der Waals surface area contributed by atoms with Gasteiger partial charge < -0.3 is 21.7 Å². The lowest BCUT2D eigenvalue weighted by Gasteiger charge is -2.06. The number of carboxylic acids is 2. The van der Waals surface area contributed by atoms with Gasteiger partial charge in [-0.25, -0.2) is 13.2 Å². The zero-order chi connectivity index (χ0) is 17.0. The highest BCUT2D eigenvalue weighted by atomic mass is 32.2. The molecular formula is C14H12N2O5S2. The van der Waals surface area contributed by atoms with Gasteiger partial charge in [-0.15, -0.1) is 0 Å². The Morgan fingerprint density at radius 1 is 0.826 bits per heavy atom. The number of aromatic carboxylic acids is 2. The Morgan fingerprint density at radius 3 is 1.57 bits per heavy atom. The molecule has 0 amide bonds. The Bertz CT molecular complexity index is 703. The van der Waals surface area contributed by atoms with Gasteiger partial charge in [0.05, 0.1) is 11.1 Å². The fourth-order valence-corrected chi connectivity index (χ4v) is 2.98. The molecule has 0 aliphatic carbocycles. The summed E-state index contributed by atoms with van der Waals surface area (Å²) in [5.41, 5.74) is 11.4. The number of hydrogen-bond donors (Lipinski definition) is 4. The van der Waals surface area contributed by atoms with Gasteiger partial charge in [-0.2, -0.15) is 0 Å². The van der Waals surface area contributed by atoms with Gasteiger partial charge in [0, 0.05) is 45.3 Å². The second-order valence-corrected chi connectivity index (χ2v) is 6.16. The Hall–Kier alpha value is -2.36. The predicted molar refractivity (Wildman–Crippen MR) is 88.4 cm³/mol. The van der Waals surface area contributed by atoms with Crippen molar-refractivity contribution in [2.75, 3.05) is 11.5 Å². The Labute approximate surface area is 140 Å². The first-order valence-corrected chi connectivity index (χ1v) is 7.63. The summed E-state index contributed by atoms with van der Waals surface area (Å²) in [6.07, 6.45) is 0. The van der Waals surface area contributed by atoms with Crippen molar-refractivity contribution in [1.82, 2.24) is 0 Å². The molecule has 0 saturated carbocycles. The quantitative estimate of drug-likeness (QED) is 0.457. The average Bonchev–Trinajstić information content (AvgIpc) is 2.50. The molecule has 7 nitrogen and oxygen atoms in total. The number of carboxylic acid groups (broad SMARTS) is 2. The minimum Gasteiger partial charge on any atom is -0.478 e. The SMILES string of the molecule is Nc1ccc(SOSc2ccc(N)c(C(=O)O)c2)cc1C(=O)O. The summed E-state index contributed by atoms with van der Waals surface area (Å²) in [5.74, 6) is -2.25. The van der Waals surface area contributed by atoms with Crippen LogP contribution < -0.4 is 11.5 Å². The second-order valence-electron chi connectivity index (χ2n) is 4.34. The van der Waals surface area contributed by atoms with Crippen molar-refractivity contribution in [3.63, 3.8) is 0 Å². The molecule has 0 radical (unpaired) electrons. The molecule has 0 saturated heterocycles. The normalized spacial score (nSPS) is 10.4. The molecule has 0 atom stereocenters. The fraction of sp³-hybridized carbons (Fsp3) is 0. The first-order valence-electron chi connectivity index (χ1n) is 6.15. The van der Waals surface area contributed by atoms with Gasteiger partial charge in [-0.3, -0.25) is 0 Å². The number of rotatable bonds is 6. The van der Waals surface area contributed by atoms with E-state index in [0.717, 1.165) is 24.1 Å². The van der Waals surface area contributed by atoms with Crippen molar-refractivity contribution in [2.24, 2.45) is 0 Å². The Morgan fingerprint density at radius 2 is 1.22 bits per heavy atom. The van der Waals surface area contributed by atoms with E-state index < -0.39 is 11.9 Å². The molecule has 23 heavy (non-hydrogen) atoms. The molecule has 0 spiro atoms. The van der Waals surface area contributed by atoms with Crippen LogP contribution in [0.5, 0.6) is 0 Å². The van der Waals surface area contributed by atoms with Crippen LogP contribution in [0.3, 0.4) is 0 Å². The van der Waals surface area contributed by atoms with E-state index in [1.807, 2.05) is 0 Å². The van der Waals surface area contributed by atoms with E-state index in [0.29, 0.717) is 9.79 Å². The summed E-state index contributed by atoms with van der Waals surface area (Å²) >= 11 is 1.88. The molecule has 120 valence electrons. The number of nitrogens with two attached hydrogens (primary N) is 2. The number of benzene rings is 2. The minimum absolute atomic E-state index is 0.00996. The highest BCUT2D eigenvalue weighted by molar-refractivity contribution is 8.07. The van der Waals surface area contributed by atoms with Crippen LogP contribution in [0, 0.1) is 0 Å². The standard InChI is InChI=1S/C14H12N2O5S2/c15-11-3-1-7(5-9(11)13(17)18)22-21-23-8-2-4-12(16)10(6-8)14(19)20/h1-6H,15-16H2,(H,17,18)(H,19,20). The van der Waals surface area contributed by atoms with Gasteiger partial charge >= 0.3 is 11.9 Å². The predicted octanol–water partition coefficient (Wildman–Crippen LogP) is 2.98. The lowest BCUT2D eigenvalue weighted by Crippen LogP contribution is -2.02. The largest absolute Gasteiger partial charge is 0.478 e. The van der Waals surface area contributed by atoms with Crippen molar-refractivity contribution in [3.05, 3.63) is 47.5 Å². The van der Waals surface area contributed by atoms with Crippen LogP contribution in [0.2, 0.25) is 0 Å². The van der Waals surface area contributed by atoms with Crippen LogP contribution in [-0.2, 0) is 3.63 Å². The van der Waals surface area contributed by atoms with Gasteiger partial charge in [0.15, 0.2) is 0 Å². The van der Waals surface area contributed by atoms with Crippen LogP contribution in [0.25, 0.3) is 0 Å². The van der Waals surface area contributed by atoms with Crippen molar-refractivity contribution >= 4 is 47.4 Å². The molecule has 0 heterocycles. The third kappa shape index (κ3) is 4.31.